The van der Waals surface area contributed by atoms with Crippen LogP contribution in [0.25, 0.3) is 10.8 Å². The SMILES string of the molecule is CC(C)(C(O)c1cccc2ccccc12)N1CCOCC1. The standard InChI is InChI=1S/C18H23NO2/c1-18(2,19-10-12-21-13-11-19)17(20)16-9-5-7-14-6-3-4-8-15(14)16/h3-9,17,20H,10-13H2,1-2H3. The van der Waals surface area contributed by atoms with E-state index < -0.39 is 6.10 Å². The van der Waals surface area contributed by atoms with Gasteiger partial charge in [-0.1, -0.05) is 42.5 Å². The third kappa shape index (κ3) is 2.69. The number of aliphatic hydroxyl groups excluding tert-OH is 1. The van der Waals surface area contributed by atoms with Gasteiger partial charge in [0.05, 0.1) is 19.3 Å². The van der Waals surface area contributed by atoms with Gasteiger partial charge in [-0.3, -0.25) is 4.90 Å². The number of hydrogen-bond donors (Lipinski definition) is 1. The lowest BCUT2D eigenvalue weighted by Crippen LogP contribution is -2.53. The number of morpholine rings is 1. The summed E-state index contributed by atoms with van der Waals surface area (Å²) in [6, 6.07) is 14.4. The molecule has 1 aliphatic heterocycles. The Morgan fingerprint density at radius 2 is 1.71 bits per heavy atom. The van der Waals surface area contributed by atoms with Gasteiger partial charge in [0, 0.05) is 18.6 Å². The molecule has 0 radical (unpaired) electrons. The van der Waals surface area contributed by atoms with E-state index in [-0.39, 0.29) is 5.54 Å². The van der Waals surface area contributed by atoms with Gasteiger partial charge in [0.25, 0.3) is 0 Å². The summed E-state index contributed by atoms with van der Waals surface area (Å²) in [4.78, 5) is 2.32. The monoisotopic (exact) mass is 285 g/mol. The van der Waals surface area contributed by atoms with Gasteiger partial charge < -0.3 is 9.84 Å². The molecule has 1 heterocycles. The van der Waals surface area contributed by atoms with Crippen LogP contribution in [-0.2, 0) is 4.74 Å². The minimum Gasteiger partial charge on any atom is -0.386 e. The summed E-state index contributed by atoms with van der Waals surface area (Å²) < 4.78 is 5.43. The fourth-order valence-electron chi connectivity index (χ4n) is 3.18. The van der Waals surface area contributed by atoms with Crippen LogP contribution in [0.4, 0.5) is 0 Å². The van der Waals surface area contributed by atoms with Gasteiger partial charge in [-0.15, -0.1) is 0 Å². The summed E-state index contributed by atoms with van der Waals surface area (Å²) in [6.45, 7) is 7.45. The van der Waals surface area contributed by atoms with E-state index >= 15 is 0 Å². The van der Waals surface area contributed by atoms with Crippen LogP contribution in [0.15, 0.2) is 42.5 Å². The molecule has 1 fully saturated rings. The summed E-state index contributed by atoms with van der Waals surface area (Å²) in [7, 11) is 0. The number of ether oxygens (including phenoxy) is 1. The zero-order valence-electron chi connectivity index (χ0n) is 12.7. The Balaban J connectivity index is 1.97. The zero-order valence-corrected chi connectivity index (χ0v) is 12.7. The molecule has 0 aliphatic carbocycles. The molecule has 1 unspecified atom stereocenters. The largest absolute Gasteiger partial charge is 0.386 e. The van der Waals surface area contributed by atoms with Crippen molar-refractivity contribution in [3.63, 3.8) is 0 Å². The Hall–Kier alpha value is -1.42. The third-order valence-corrected chi connectivity index (χ3v) is 4.61. The summed E-state index contributed by atoms with van der Waals surface area (Å²) in [5.41, 5.74) is 0.693. The van der Waals surface area contributed by atoms with Crippen molar-refractivity contribution in [2.45, 2.75) is 25.5 Å². The lowest BCUT2D eigenvalue weighted by atomic mass is 9.86. The van der Waals surface area contributed by atoms with Gasteiger partial charge >= 0.3 is 0 Å². The predicted octanol–water partition coefficient (Wildman–Crippen LogP) is 2.98. The van der Waals surface area contributed by atoms with Crippen LogP contribution in [0.2, 0.25) is 0 Å². The molecule has 3 rings (SSSR count). The third-order valence-electron chi connectivity index (χ3n) is 4.61. The highest BCUT2D eigenvalue weighted by Crippen LogP contribution is 2.35. The van der Waals surface area contributed by atoms with Crippen molar-refractivity contribution in [3.8, 4) is 0 Å². The number of aliphatic hydroxyl groups is 1. The van der Waals surface area contributed by atoms with Gasteiger partial charge in [0.1, 0.15) is 0 Å². The van der Waals surface area contributed by atoms with Gasteiger partial charge in [-0.2, -0.15) is 0 Å². The first-order valence-electron chi connectivity index (χ1n) is 7.59. The molecule has 0 spiro atoms. The molecular formula is C18H23NO2. The van der Waals surface area contributed by atoms with Crippen molar-refractivity contribution >= 4 is 10.8 Å². The minimum absolute atomic E-state index is 0.312. The van der Waals surface area contributed by atoms with E-state index in [9.17, 15) is 5.11 Å². The normalized spacial score (nSPS) is 18.8. The number of nitrogens with zero attached hydrogens (tertiary/aromatic N) is 1. The van der Waals surface area contributed by atoms with E-state index in [2.05, 4.69) is 36.9 Å². The van der Waals surface area contributed by atoms with E-state index in [0.717, 1.165) is 37.3 Å². The van der Waals surface area contributed by atoms with E-state index in [1.807, 2.05) is 24.3 Å². The lowest BCUT2D eigenvalue weighted by Gasteiger charge is -2.44. The van der Waals surface area contributed by atoms with Crippen LogP contribution in [0.1, 0.15) is 25.5 Å². The van der Waals surface area contributed by atoms with Crippen molar-refractivity contribution in [2.75, 3.05) is 26.3 Å². The van der Waals surface area contributed by atoms with Crippen LogP contribution in [0, 0.1) is 0 Å². The molecule has 112 valence electrons. The Morgan fingerprint density at radius 1 is 1.05 bits per heavy atom. The molecule has 1 aliphatic rings. The van der Waals surface area contributed by atoms with E-state index in [0.29, 0.717) is 0 Å². The highest BCUT2D eigenvalue weighted by molar-refractivity contribution is 5.86. The van der Waals surface area contributed by atoms with Gasteiger partial charge in [0.2, 0.25) is 0 Å². The summed E-state index contributed by atoms with van der Waals surface area (Å²) in [6.07, 6.45) is -0.526. The average Bonchev–Trinajstić information content (AvgIpc) is 2.54. The molecule has 0 saturated carbocycles. The Morgan fingerprint density at radius 3 is 2.48 bits per heavy atom. The highest BCUT2D eigenvalue weighted by atomic mass is 16.5. The smallest absolute Gasteiger partial charge is 0.0974 e. The van der Waals surface area contributed by atoms with E-state index in [1.165, 1.54) is 5.39 Å². The maximum absolute atomic E-state index is 11.0. The van der Waals surface area contributed by atoms with Gasteiger partial charge in [0.15, 0.2) is 0 Å². The lowest BCUT2D eigenvalue weighted by molar-refractivity contribution is -0.0626. The van der Waals surface area contributed by atoms with Crippen molar-refractivity contribution in [1.29, 1.82) is 0 Å². The van der Waals surface area contributed by atoms with Gasteiger partial charge in [-0.05, 0) is 30.2 Å². The first-order valence-corrected chi connectivity index (χ1v) is 7.59. The van der Waals surface area contributed by atoms with Crippen molar-refractivity contribution in [2.24, 2.45) is 0 Å². The van der Waals surface area contributed by atoms with E-state index in [4.69, 9.17) is 4.74 Å². The second kappa shape index (κ2) is 5.76. The minimum atomic E-state index is -0.526. The van der Waals surface area contributed by atoms with Crippen molar-refractivity contribution in [3.05, 3.63) is 48.0 Å². The summed E-state index contributed by atoms with van der Waals surface area (Å²) in [5.74, 6) is 0. The number of benzene rings is 2. The molecule has 21 heavy (non-hydrogen) atoms. The van der Waals surface area contributed by atoms with Crippen molar-refractivity contribution < 1.29 is 9.84 Å². The first-order chi connectivity index (χ1) is 10.1. The Bertz CT molecular complexity index is 612. The zero-order chi connectivity index (χ0) is 14.9. The van der Waals surface area contributed by atoms with E-state index in [1.54, 1.807) is 0 Å². The second-order valence-electron chi connectivity index (χ2n) is 6.22. The maximum atomic E-state index is 11.0. The molecule has 3 nitrogen and oxygen atoms in total. The molecule has 2 aromatic rings. The molecule has 1 atom stereocenters. The maximum Gasteiger partial charge on any atom is 0.0974 e. The quantitative estimate of drug-likeness (QED) is 0.941. The molecule has 1 saturated heterocycles. The van der Waals surface area contributed by atoms with Crippen LogP contribution in [-0.4, -0.2) is 41.8 Å². The van der Waals surface area contributed by atoms with Crippen LogP contribution in [0.5, 0.6) is 0 Å². The number of fused-ring (bicyclic) bond motifs is 1. The molecule has 0 aromatic heterocycles. The number of rotatable bonds is 3. The van der Waals surface area contributed by atoms with Gasteiger partial charge in [-0.25, -0.2) is 0 Å². The Kier molecular flexibility index (Phi) is 3.98. The fourth-order valence-corrected chi connectivity index (χ4v) is 3.18. The Labute approximate surface area is 126 Å². The predicted molar refractivity (Wildman–Crippen MR) is 85.4 cm³/mol. The molecule has 3 heteroatoms. The topological polar surface area (TPSA) is 32.7 Å². The molecule has 2 aromatic carbocycles. The molecule has 1 N–H and O–H groups in total. The molecule has 0 bridgehead atoms. The second-order valence-corrected chi connectivity index (χ2v) is 6.22. The van der Waals surface area contributed by atoms with Crippen LogP contribution >= 0.6 is 0 Å². The summed E-state index contributed by atoms with van der Waals surface area (Å²) in [5, 5.41) is 13.3. The van der Waals surface area contributed by atoms with Crippen LogP contribution < -0.4 is 0 Å². The molecular weight excluding hydrogens is 262 g/mol. The van der Waals surface area contributed by atoms with Crippen molar-refractivity contribution in [1.82, 2.24) is 4.90 Å². The fraction of sp³-hybridized carbons (Fsp3) is 0.444. The molecule has 0 amide bonds. The number of hydrogen-bond acceptors (Lipinski definition) is 3. The first kappa shape index (κ1) is 14.5. The summed E-state index contributed by atoms with van der Waals surface area (Å²) >= 11 is 0. The average molecular weight is 285 g/mol. The van der Waals surface area contributed by atoms with Crippen LogP contribution in [0.3, 0.4) is 0 Å². The highest BCUT2D eigenvalue weighted by Gasteiger charge is 2.36.